The fourth-order valence-electron chi connectivity index (χ4n) is 2.17. The van der Waals surface area contributed by atoms with Gasteiger partial charge in [-0.15, -0.1) is 0 Å². The lowest BCUT2D eigenvalue weighted by Crippen LogP contribution is -2.12. The molecule has 0 amide bonds. The van der Waals surface area contributed by atoms with E-state index >= 15 is 0 Å². The second-order valence-corrected chi connectivity index (χ2v) is 4.87. The van der Waals surface area contributed by atoms with E-state index in [1.807, 2.05) is 24.3 Å². The van der Waals surface area contributed by atoms with Crippen LogP contribution in [0.5, 0.6) is 11.5 Å². The summed E-state index contributed by atoms with van der Waals surface area (Å²) in [5, 5.41) is 0. The zero-order valence-corrected chi connectivity index (χ0v) is 12.2. The number of hydrogen-bond donors (Lipinski definition) is 1. The van der Waals surface area contributed by atoms with Crippen LogP contribution >= 0.6 is 0 Å². The van der Waals surface area contributed by atoms with Crippen molar-refractivity contribution < 1.29 is 9.47 Å². The molecule has 19 heavy (non-hydrogen) atoms. The summed E-state index contributed by atoms with van der Waals surface area (Å²) in [6.45, 7) is 6.31. The first-order chi connectivity index (χ1) is 9.30. The number of ether oxygens (including phenoxy) is 2. The first-order valence-corrected chi connectivity index (χ1v) is 7.35. The lowest BCUT2D eigenvalue weighted by molar-refractivity contribution is 0.228. The molecule has 0 fully saturated rings. The molecule has 1 rings (SSSR count). The summed E-state index contributed by atoms with van der Waals surface area (Å²) >= 11 is 0. The molecule has 1 aromatic carbocycles. The third kappa shape index (κ3) is 6.48. The third-order valence-corrected chi connectivity index (χ3v) is 3.07. The van der Waals surface area contributed by atoms with Crippen LogP contribution < -0.4 is 15.2 Å². The zero-order chi connectivity index (χ0) is 13.9. The minimum absolute atomic E-state index is 0.528. The van der Waals surface area contributed by atoms with Crippen LogP contribution in [0.4, 0.5) is 0 Å². The zero-order valence-electron chi connectivity index (χ0n) is 12.2. The van der Waals surface area contributed by atoms with Crippen molar-refractivity contribution in [2.24, 2.45) is 11.7 Å². The van der Waals surface area contributed by atoms with E-state index in [1.165, 1.54) is 25.7 Å². The highest BCUT2D eigenvalue weighted by molar-refractivity contribution is 5.32. The average molecular weight is 265 g/mol. The summed E-state index contributed by atoms with van der Waals surface area (Å²) in [5.41, 5.74) is 5.42. The van der Waals surface area contributed by atoms with E-state index in [4.69, 9.17) is 15.2 Å². The Balaban J connectivity index is 2.46. The van der Waals surface area contributed by atoms with E-state index in [9.17, 15) is 0 Å². The third-order valence-electron chi connectivity index (χ3n) is 3.07. The fraction of sp³-hybridized carbons (Fsp3) is 0.625. The summed E-state index contributed by atoms with van der Waals surface area (Å²) in [4.78, 5) is 0. The smallest absolute Gasteiger partial charge is 0.123 e. The van der Waals surface area contributed by atoms with Crippen molar-refractivity contribution in [3.05, 3.63) is 24.3 Å². The summed E-state index contributed by atoms with van der Waals surface area (Å²) in [7, 11) is 0. The van der Waals surface area contributed by atoms with Crippen LogP contribution in [0.15, 0.2) is 24.3 Å². The molecular weight excluding hydrogens is 238 g/mol. The van der Waals surface area contributed by atoms with Gasteiger partial charge in [0.2, 0.25) is 0 Å². The van der Waals surface area contributed by atoms with Gasteiger partial charge in [0.15, 0.2) is 0 Å². The Morgan fingerprint density at radius 3 is 2.26 bits per heavy atom. The molecule has 0 bridgehead atoms. The monoisotopic (exact) mass is 265 g/mol. The molecule has 0 radical (unpaired) electrons. The van der Waals surface area contributed by atoms with Gasteiger partial charge in [0.05, 0.1) is 6.61 Å². The molecule has 0 aliphatic carbocycles. The van der Waals surface area contributed by atoms with Gasteiger partial charge in [0.25, 0.3) is 0 Å². The normalized spacial score (nSPS) is 10.7. The van der Waals surface area contributed by atoms with Crippen molar-refractivity contribution in [1.82, 2.24) is 0 Å². The van der Waals surface area contributed by atoms with Crippen molar-refractivity contribution in [2.45, 2.75) is 39.5 Å². The quantitative estimate of drug-likeness (QED) is 0.702. The van der Waals surface area contributed by atoms with Crippen LogP contribution in [0.3, 0.4) is 0 Å². The molecule has 0 aliphatic rings. The van der Waals surface area contributed by atoms with Gasteiger partial charge in [-0.3, -0.25) is 0 Å². The topological polar surface area (TPSA) is 44.5 Å². The number of nitrogens with two attached hydrogens (primary N) is 1. The van der Waals surface area contributed by atoms with Gasteiger partial charge in [0, 0.05) is 12.6 Å². The summed E-state index contributed by atoms with van der Waals surface area (Å²) in [6.07, 6.45) is 4.90. The van der Waals surface area contributed by atoms with Gasteiger partial charge in [-0.2, -0.15) is 0 Å². The van der Waals surface area contributed by atoms with Gasteiger partial charge in [0.1, 0.15) is 18.1 Å². The van der Waals surface area contributed by atoms with E-state index in [1.54, 1.807) is 0 Å². The highest BCUT2D eigenvalue weighted by atomic mass is 16.5. The maximum absolute atomic E-state index is 5.88. The molecular formula is C16H27NO2. The van der Waals surface area contributed by atoms with Gasteiger partial charge in [-0.25, -0.2) is 0 Å². The number of rotatable bonds is 10. The molecule has 0 saturated carbocycles. The van der Waals surface area contributed by atoms with Crippen LogP contribution in [0, 0.1) is 5.92 Å². The molecule has 0 spiro atoms. The van der Waals surface area contributed by atoms with Crippen LogP contribution in [0.2, 0.25) is 0 Å². The Labute approximate surface area is 117 Å². The van der Waals surface area contributed by atoms with Crippen molar-refractivity contribution >= 4 is 0 Å². The lowest BCUT2D eigenvalue weighted by atomic mass is 9.99. The lowest BCUT2D eigenvalue weighted by Gasteiger charge is -2.16. The second kappa shape index (κ2) is 9.68. The molecule has 0 aliphatic heterocycles. The minimum atomic E-state index is 0.528. The summed E-state index contributed by atoms with van der Waals surface area (Å²) in [6, 6.07) is 7.79. The molecule has 2 N–H and O–H groups in total. The molecule has 0 atom stereocenters. The largest absolute Gasteiger partial charge is 0.493 e. The molecule has 108 valence electrons. The highest BCUT2D eigenvalue weighted by Gasteiger charge is 2.08. The summed E-state index contributed by atoms with van der Waals surface area (Å²) < 4.78 is 11.4. The van der Waals surface area contributed by atoms with E-state index in [0.29, 0.717) is 19.1 Å². The Bertz CT molecular complexity index is 335. The Hall–Kier alpha value is -1.22. The molecule has 0 unspecified atom stereocenters. The predicted octanol–water partition coefficient (Wildman–Crippen LogP) is 3.62. The molecule has 3 nitrogen and oxygen atoms in total. The first-order valence-electron chi connectivity index (χ1n) is 7.35. The van der Waals surface area contributed by atoms with Gasteiger partial charge in [-0.1, -0.05) is 32.8 Å². The fourth-order valence-corrected chi connectivity index (χ4v) is 2.17. The molecule has 3 heteroatoms. The van der Waals surface area contributed by atoms with E-state index in [2.05, 4.69) is 13.8 Å². The SMILES string of the molecule is CCCC(CCC)COc1cccc(OCCN)c1. The highest BCUT2D eigenvalue weighted by Crippen LogP contribution is 2.21. The Kier molecular flexibility index (Phi) is 8.07. The average Bonchev–Trinajstić information content (AvgIpc) is 2.43. The number of hydrogen-bond acceptors (Lipinski definition) is 3. The van der Waals surface area contributed by atoms with Gasteiger partial charge < -0.3 is 15.2 Å². The summed E-state index contributed by atoms with van der Waals surface area (Å²) in [5.74, 6) is 2.36. The second-order valence-electron chi connectivity index (χ2n) is 4.87. The van der Waals surface area contributed by atoms with E-state index < -0.39 is 0 Å². The van der Waals surface area contributed by atoms with Crippen molar-refractivity contribution in [3.8, 4) is 11.5 Å². The number of benzene rings is 1. The first kappa shape index (κ1) is 15.8. The van der Waals surface area contributed by atoms with Gasteiger partial charge in [-0.05, 0) is 30.9 Å². The molecule has 1 aromatic rings. The maximum atomic E-state index is 5.88. The minimum Gasteiger partial charge on any atom is -0.493 e. The van der Waals surface area contributed by atoms with Crippen LogP contribution in [0.1, 0.15) is 39.5 Å². The van der Waals surface area contributed by atoms with Crippen LogP contribution in [-0.2, 0) is 0 Å². The predicted molar refractivity (Wildman–Crippen MR) is 79.8 cm³/mol. The Morgan fingerprint density at radius 2 is 1.68 bits per heavy atom. The van der Waals surface area contributed by atoms with Crippen LogP contribution in [-0.4, -0.2) is 19.8 Å². The molecule has 0 heterocycles. The standard InChI is InChI=1S/C16H27NO2/c1-3-6-14(7-4-2)13-19-16-9-5-8-15(12-16)18-11-10-17/h5,8-9,12,14H,3-4,6-7,10-11,13,17H2,1-2H3. The van der Waals surface area contributed by atoms with Crippen molar-refractivity contribution in [2.75, 3.05) is 19.8 Å². The molecule has 0 saturated heterocycles. The molecule has 0 aromatic heterocycles. The van der Waals surface area contributed by atoms with E-state index in [-0.39, 0.29) is 0 Å². The maximum Gasteiger partial charge on any atom is 0.123 e. The van der Waals surface area contributed by atoms with Crippen molar-refractivity contribution in [3.63, 3.8) is 0 Å². The van der Waals surface area contributed by atoms with Gasteiger partial charge >= 0.3 is 0 Å². The van der Waals surface area contributed by atoms with E-state index in [0.717, 1.165) is 18.1 Å². The Morgan fingerprint density at radius 1 is 1.05 bits per heavy atom. The van der Waals surface area contributed by atoms with Crippen LogP contribution in [0.25, 0.3) is 0 Å². The van der Waals surface area contributed by atoms with Crippen molar-refractivity contribution in [1.29, 1.82) is 0 Å².